The molecule has 10 heteroatoms. The van der Waals surface area contributed by atoms with E-state index >= 15 is 0 Å². The van der Waals surface area contributed by atoms with Crippen LogP contribution in [0, 0.1) is 70.2 Å². The molecular formula is C32H26F8O2. The maximum absolute atomic E-state index is 14.4. The minimum absolute atomic E-state index is 0.122. The highest BCUT2D eigenvalue weighted by molar-refractivity contribution is 5.51. The number of benzene rings is 3. The Bertz CT molecular complexity index is 1370. The average Bonchev–Trinajstić information content (AvgIpc) is 2.99. The summed E-state index contributed by atoms with van der Waals surface area (Å²) < 4.78 is 125. The maximum atomic E-state index is 14.4. The first kappa shape index (κ1) is 32.3. The van der Waals surface area contributed by atoms with Gasteiger partial charge < -0.3 is 9.47 Å². The van der Waals surface area contributed by atoms with E-state index in [0.717, 1.165) is 12.8 Å². The fraction of sp³-hybridized carbons (Fsp3) is 0.312. The van der Waals surface area contributed by atoms with Gasteiger partial charge in [-0.2, -0.15) is 17.6 Å². The van der Waals surface area contributed by atoms with Crippen LogP contribution in [0.15, 0.2) is 24.3 Å². The predicted octanol–water partition coefficient (Wildman–Crippen LogP) is 8.74. The Morgan fingerprint density at radius 2 is 0.762 bits per heavy atom. The summed E-state index contributed by atoms with van der Waals surface area (Å²) in [5.74, 6) is -7.17. The molecule has 0 heterocycles. The quantitative estimate of drug-likeness (QED) is 0.101. The summed E-state index contributed by atoms with van der Waals surface area (Å²) in [5.41, 5.74) is -2.00. The maximum Gasteiger partial charge on any atom is 0.205 e. The van der Waals surface area contributed by atoms with Crippen LogP contribution in [0.1, 0.15) is 74.6 Å². The standard InChI is InChI=1S/C32H26F8O2/c1-3-5-7-17-41-31-27(37)23(33)21(24(34)28(31)38)15-13-19-9-11-20(12-10-19)14-16-22-25(35)29(39)32(30(40)26(22)36)42-18-8-6-4-2/h9-12H,3-8,17-18H2,1-2H3. The minimum atomic E-state index is -1.71. The number of unbranched alkanes of at least 4 members (excludes halogenated alkanes) is 4. The van der Waals surface area contributed by atoms with E-state index in [0.29, 0.717) is 25.7 Å². The molecule has 0 aromatic heterocycles. The first-order valence-electron chi connectivity index (χ1n) is 13.2. The molecule has 0 radical (unpaired) electrons. The van der Waals surface area contributed by atoms with Gasteiger partial charge in [0.25, 0.3) is 0 Å². The van der Waals surface area contributed by atoms with E-state index in [4.69, 9.17) is 9.47 Å². The van der Waals surface area contributed by atoms with Crippen molar-refractivity contribution in [3.8, 4) is 35.2 Å². The zero-order valence-corrected chi connectivity index (χ0v) is 22.8. The Labute approximate surface area is 238 Å². The van der Waals surface area contributed by atoms with Crippen LogP contribution in [-0.2, 0) is 0 Å². The third kappa shape index (κ3) is 7.55. The van der Waals surface area contributed by atoms with E-state index in [-0.39, 0.29) is 24.3 Å². The third-order valence-corrected chi connectivity index (χ3v) is 5.98. The fourth-order valence-electron chi connectivity index (χ4n) is 3.65. The molecule has 0 aliphatic rings. The van der Waals surface area contributed by atoms with E-state index in [2.05, 4.69) is 11.8 Å². The summed E-state index contributed by atoms with van der Waals surface area (Å²) in [7, 11) is 0. The topological polar surface area (TPSA) is 18.5 Å². The Kier molecular flexibility index (Phi) is 11.7. The highest BCUT2D eigenvalue weighted by Crippen LogP contribution is 2.31. The lowest BCUT2D eigenvalue weighted by Gasteiger charge is -2.10. The Morgan fingerprint density at radius 3 is 1.05 bits per heavy atom. The van der Waals surface area contributed by atoms with Gasteiger partial charge in [0.05, 0.1) is 13.2 Å². The van der Waals surface area contributed by atoms with Gasteiger partial charge in [0, 0.05) is 11.1 Å². The molecule has 3 rings (SSSR count). The van der Waals surface area contributed by atoms with Crippen molar-refractivity contribution in [2.24, 2.45) is 0 Å². The average molecular weight is 595 g/mol. The van der Waals surface area contributed by atoms with Crippen LogP contribution in [0.2, 0.25) is 0 Å². The van der Waals surface area contributed by atoms with Gasteiger partial charge in [0.1, 0.15) is 11.1 Å². The monoisotopic (exact) mass is 594 g/mol. The van der Waals surface area contributed by atoms with Crippen LogP contribution in [0.3, 0.4) is 0 Å². The van der Waals surface area contributed by atoms with Crippen molar-refractivity contribution in [1.29, 1.82) is 0 Å². The summed E-state index contributed by atoms with van der Waals surface area (Å²) in [6.45, 7) is 3.55. The van der Waals surface area contributed by atoms with E-state index in [9.17, 15) is 35.1 Å². The molecule has 42 heavy (non-hydrogen) atoms. The normalized spacial score (nSPS) is 10.5. The molecule has 3 aromatic carbocycles. The lowest BCUT2D eigenvalue weighted by Crippen LogP contribution is -2.08. The van der Waals surface area contributed by atoms with Crippen molar-refractivity contribution in [3.05, 3.63) is 93.1 Å². The number of halogens is 8. The Balaban J connectivity index is 1.81. The third-order valence-electron chi connectivity index (χ3n) is 5.98. The second-order valence-electron chi connectivity index (χ2n) is 9.11. The SMILES string of the molecule is CCCCCOc1c(F)c(F)c(C#Cc2ccc(C#Cc3c(F)c(F)c(OCCCCC)c(F)c3F)cc2)c(F)c1F. The highest BCUT2D eigenvalue weighted by Gasteiger charge is 2.27. The molecular weight excluding hydrogens is 568 g/mol. The van der Waals surface area contributed by atoms with Gasteiger partial charge in [0.15, 0.2) is 34.8 Å². The molecule has 0 fully saturated rings. The van der Waals surface area contributed by atoms with Gasteiger partial charge in [-0.05, 0) is 37.1 Å². The Morgan fingerprint density at radius 1 is 0.452 bits per heavy atom. The smallest absolute Gasteiger partial charge is 0.205 e. The van der Waals surface area contributed by atoms with Gasteiger partial charge in [-0.1, -0.05) is 63.2 Å². The molecule has 0 spiro atoms. The van der Waals surface area contributed by atoms with E-state index < -0.39 is 69.2 Å². The van der Waals surface area contributed by atoms with E-state index in [1.165, 1.54) is 24.3 Å². The van der Waals surface area contributed by atoms with Crippen molar-refractivity contribution in [3.63, 3.8) is 0 Å². The molecule has 2 nitrogen and oxygen atoms in total. The highest BCUT2D eigenvalue weighted by atomic mass is 19.2. The fourth-order valence-corrected chi connectivity index (χ4v) is 3.65. The summed E-state index contributed by atoms with van der Waals surface area (Å²) in [6, 6.07) is 5.19. The molecule has 0 bridgehead atoms. The molecule has 0 saturated heterocycles. The van der Waals surface area contributed by atoms with Crippen LogP contribution in [0.5, 0.6) is 11.5 Å². The van der Waals surface area contributed by atoms with Crippen molar-refractivity contribution in [2.75, 3.05) is 13.2 Å². The number of ether oxygens (including phenoxy) is 2. The lowest BCUT2D eigenvalue weighted by atomic mass is 10.1. The zero-order valence-electron chi connectivity index (χ0n) is 22.8. The predicted molar refractivity (Wildman–Crippen MR) is 141 cm³/mol. The lowest BCUT2D eigenvalue weighted by molar-refractivity contribution is 0.264. The van der Waals surface area contributed by atoms with Crippen LogP contribution < -0.4 is 9.47 Å². The van der Waals surface area contributed by atoms with Gasteiger partial charge in [-0.3, -0.25) is 0 Å². The van der Waals surface area contributed by atoms with Crippen LogP contribution in [-0.4, -0.2) is 13.2 Å². The van der Waals surface area contributed by atoms with Gasteiger partial charge in [-0.25, -0.2) is 17.6 Å². The van der Waals surface area contributed by atoms with Gasteiger partial charge >= 0.3 is 0 Å². The molecule has 3 aromatic rings. The number of hydrogen-bond acceptors (Lipinski definition) is 2. The van der Waals surface area contributed by atoms with E-state index in [1.54, 1.807) is 0 Å². The van der Waals surface area contributed by atoms with Crippen LogP contribution in [0.4, 0.5) is 35.1 Å². The van der Waals surface area contributed by atoms with Gasteiger partial charge in [-0.15, -0.1) is 0 Å². The van der Waals surface area contributed by atoms with Crippen LogP contribution >= 0.6 is 0 Å². The van der Waals surface area contributed by atoms with Gasteiger partial charge in [0.2, 0.25) is 23.3 Å². The summed E-state index contributed by atoms with van der Waals surface area (Å²) in [6.07, 6.45) is 3.90. The van der Waals surface area contributed by atoms with E-state index in [1.807, 2.05) is 25.7 Å². The first-order valence-corrected chi connectivity index (χ1v) is 13.2. The minimum Gasteiger partial charge on any atom is -0.487 e. The molecule has 0 aliphatic carbocycles. The largest absolute Gasteiger partial charge is 0.487 e. The van der Waals surface area contributed by atoms with Crippen molar-refractivity contribution in [1.82, 2.24) is 0 Å². The molecule has 0 aliphatic heterocycles. The summed E-state index contributed by atoms with van der Waals surface area (Å²) in [5, 5.41) is 0. The molecule has 0 unspecified atom stereocenters. The number of hydrogen-bond donors (Lipinski definition) is 0. The van der Waals surface area contributed by atoms with Crippen molar-refractivity contribution >= 4 is 0 Å². The molecule has 0 N–H and O–H groups in total. The molecule has 222 valence electrons. The first-order chi connectivity index (χ1) is 20.1. The van der Waals surface area contributed by atoms with Crippen molar-refractivity contribution < 1.29 is 44.6 Å². The Hall–Kier alpha value is -4.18. The second kappa shape index (κ2) is 15.2. The molecule has 0 saturated carbocycles. The van der Waals surface area contributed by atoms with Crippen molar-refractivity contribution in [2.45, 2.75) is 52.4 Å². The second-order valence-corrected chi connectivity index (χ2v) is 9.11. The van der Waals surface area contributed by atoms with Crippen LogP contribution in [0.25, 0.3) is 0 Å². The zero-order chi connectivity index (χ0) is 30.8. The molecule has 0 amide bonds. The summed E-state index contributed by atoms with van der Waals surface area (Å²) in [4.78, 5) is 0. The summed E-state index contributed by atoms with van der Waals surface area (Å²) >= 11 is 0. The number of rotatable bonds is 10. The molecule has 0 atom stereocenters.